The molecule has 0 saturated carbocycles. The highest BCUT2D eigenvalue weighted by atomic mass is 15.1. The Balaban J connectivity index is 0.00000436. The van der Waals surface area contributed by atoms with Crippen LogP contribution in [-0.2, 0) is 0 Å². The Morgan fingerprint density at radius 1 is 0.241 bits per heavy atom. The quantitative estimate of drug-likeness (QED) is 0.150. The van der Waals surface area contributed by atoms with E-state index in [1.807, 2.05) is 0 Å². The zero-order chi connectivity index (χ0) is 38.0. The van der Waals surface area contributed by atoms with E-state index in [9.17, 15) is 0 Å². The van der Waals surface area contributed by atoms with Crippen molar-refractivity contribution in [3.05, 3.63) is 237 Å². The van der Waals surface area contributed by atoms with Crippen molar-refractivity contribution in [2.24, 2.45) is 0 Å². The molecule has 0 spiro atoms. The van der Waals surface area contributed by atoms with Crippen LogP contribution < -0.4 is 4.90 Å². The minimum atomic E-state index is 0. The Kier molecular flexibility index (Phi) is 9.94. The van der Waals surface area contributed by atoms with Gasteiger partial charge in [-0.1, -0.05) is 208 Å². The summed E-state index contributed by atoms with van der Waals surface area (Å²) < 4.78 is 0. The Hall–Kier alpha value is -7.48. The summed E-state index contributed by atoms with van der Waals surface area (Å²) >= 11 is 0. The van der Waals surface area contributed by atoms with Crippen molar-refractivity contribution in [3.63, 3.8) is 0 Å². The second-order valence-electron chi connectivity index (χ2n) is 14.4. The van der Waals surface area contributed by atoms with Gasteiger partial charge in [-0.25, -0.2) is 0 Å². The fourth-order valence-corrected chi connectivity index (χ4v) is 8.47. The maximum Gasteiger partial charge on any atom is 0.0540 e. The molecule has 0 atom stereocenters. The molecule has 58 heavy (non-hydrogen) atoms. The van der Waals surface area contributed by atoms with Gasteiger partial charge in [0.25, 0.3) is 0 Å². The highest BCUT2D eigenvalue weighted by Gasteiger charge is 2.24. The first kappa shape index (κ1) is 36.2. The Morgan fingerprint density at radius 2 is 0.655 bits per heavy atom. The van der Waals surface area contributed by atoms with Crippen molar-refractivity contribution >= 4 is 38.6 Å². The third-order valence-corrected chi connectivity index (χ3v) is 11.0. The van der Waals surface area contributed by atoms with Crippen molar-refractivity contribution in [2.45, 2.75) is 7.43 Å². The number of anilines is 3. The summed E-state index contributed by atoms with van der Waals surface area (Å²) in [4.78, 5) is 2.36. The molecule has 0 aromatic heterocycles. The van der Waals surface area contributed by atoms with E-state index in [4.69, 9.17) is 0 Å². The molecular formula is C57H43N. The summed E-state index contributed by atoms with van der Waals surface area (Å²) in [6, 6.07) is 85.6. The molecule has 10 aromatic rings. The van der Waals surface area contributed by atoms with Crippen molar-refractivity contribution < 1.29 is 0 Å². The Morgan fingerprint density at radius 3 is 1.21 bits per heavy atom. The molecular weight excluding hydrogens is 699 g/mol. The van der Waals surface area contributed by atoms with Gasteiger partial charge < -0.3 is 4.90 Å². The molecule has 0 fully saturated rings. The average Bonchev–Trinajstić information content (AvgIpc) is 3.30. The predicted octanol–water partition coefficient (Wildman–Crippen LogP) is 16.4. The minimum Gasteiger partial charge on any atom is -0.310 e. The van der Waals surface area contributed by atoms with Crippen molar-refractivity contribution in [1.29, 1.82) is 0 Å². The van der Waals surface area contributed by atoms with Crippen LogP contribution in [0.2, 0.25) is 0 Å². The normalized spacial score (nSPS) is 11.0. The van der Waals surface area contributed by atoms with Gasteiger partial charge >= 0.3 is 0 Å². The fraction of sp³-hybridized carbons (Fsp3) is 0.0175. The zero-order valence-corrected chi connectivity index (χ0v) is 31.5. The van der Waals surface area contributed by atoms with E-state index in [0.29, 0.717) is 0 Å². The summed E-state index contributed by atoms with van der Waals surface area (Å²) in [5.74, 6) is 0. The molecule has 0 unspecified atom stereocenters. The van der Waals surface area contributed by atoms with Gasteiger partial charge in [0.2, 0.25) is 0 Å². The minimum absolute atomic E-state index is 0. The molecule has 1 heteroatoms. The van der Waals surface area contributed by atoms with E-state index in [-0.39, 0.29) is 7.43 Å². The molecule has 0 radical (unpaired) electrons. The van der Waals surface area contributed by atoms with Crippen LogP contribution in [-0.4, -0.2) is 0 Å². The summed E-state index contributed by atoms with van der Waals surface area (Å²) in [7, 11) is 0. The second-order valence-corrected chi connectivity index (χ2v) is 14.4. The van der Waals surface area contributed by atoms with E-state index in [1.165, 1.54) is 77.2 Å². The van der Waals surface area contributed by atoms with Gasteiger partial charge in [0.05, 0.1) is 5.69 Å². The van der Waals surface area contributed by atoms with Gasteiger partial charge in [0, 0.05) is 16.8 Å². The van der Waals surface area contributed by atoms with Crippen LogP contribution in [0.5, 0.6) is 0 Å². The third-order valence-electron chi connectivity index (χ3n) is 11.0. The lowest BCUT2D eigenvalue weighted by atomic mass is 9.78. The summed E-state index contributed by atoms with van der Waals surface area (Å²) in [5.41, 5.74) is 15.5. The first-order chi connectivity index (χ1) is 28.3. The highest BCUT2D eigenvalue weighted by Crippen LogP contribution is 2.51. The Bertz CT molecular complexity index is 2950. The van der Waals surface area contributed by atoms with Gasteiger partial charge in [-0.15, -0.1) is 0 Å². The van der Waals surface area contributed by atoms with Crippen LogP contribution in [0.3, 0.4) is 0 Å². The smallest absolute Gasteiger partial charge is 0.0540 e. The molecule has 10 rings (SSSR count). The molecule has 10 aromatic carbocycles. The lowest BCUT2D eigenvalue weighted by Gasteiger charge is -2.27. The van der Waals surface area contributed by atoms with Gasteiger partial charge in [-0.2, -0.15) is 0 Å². The van der Waals surface area contributed by atoms with Gasteiger partial charge in [-0.05, 0) is 108 Å². The van der Waals surface area contributed by atoms with Crippen molar-refractivity contribution in [3.8, 4) is 55.6 Å². The molecule has 0 bridgehead atoms. The Labute approximate surface area is 341 Å². The number of benzene rings is 10. The molecule has 0 N–H and O–H groups in total. The van der Waals surface area contributed by atoms with Crippen LogP contribution in [0.25, 0.3) is 77.2 Å². The standard InChI is InChI=1S/C56H39N.CH4/c1-6-20-42(21-7-1)53-50-38-35-46(40-33-36-48(37-34-40)57(47-29-14-5-15-30-47)52-32-18-28-41-19-16-17-31-49(41)52)39-51(50)54(43-22-8-2-9-23-43)56(45-26-12-4-13-27-45)55(53)44-24-10-3-11-25-44;/h1-39H;1H4. The number of para-hydroxylation sites is 1. The summed E-state index contributed by atoms with van der Waals surface area (Å²) in [6.07, 6.45) is 0. The highest BCUT2D eigenvalue weighted by molar-refractivity contribution is 6.19. The average molecular weight is 742 g/mol. The van der Waals surface area contributed by atoms with Crippen LogP contribution >= 0.6 is 0 Å². The SMILES string of the molecule is C.c1ccc(-c2c(-c3ccccc3)c(-c3ccccc3)c3cc(-c4ccc(N(c5ccccc5)c5cccc6ccccc56)cc4)ccc3c2-c2ccccc2)cc1. The van der Waals surface area contributed by atoms with E-state index in [2.05, 4.69) is 241 Å². The molecule has 0 heterocycles. The number of nitrogens with zero attached hydrogens (tertiary/aromatic N) is 1. The first-order valence-corrected chi connectivity index (χ1v) is 19.6. The number of hydrogen-bond acceptors (Lipinski definition) is 1. The second kappa shape index (κ2) is 15.9. The maximum atomic E-state index is 2.42. The topological polar surface area (TPSA) is 3.24 Å². The van der Waals surface area contributed by atoms with E-state index in [0.717, 1.165) is 17.1 Å². The molecule has 0 aliphatic heterocycles. The maximum absolute atomic E-state index is 2.42. The molecule has 0 saturated heterocycles. The molecule has 0 aliphatic rings. The van der Waals surface area contributed by atoms with Crippen LogP contribution in [0, 0.1) is 0 Å². The first-order valence-electron chi connectivity index (χ1n) is 19.6. The van der Waals surface area contributed by atoms with Crippen molar-refractivity contribution in [2.75, 3.05) is 4.90 Å². The third kappa shape index (κ3) is 6.63. The number of hydrogen-bond donors (Lipinski definition) is 0. The van der Waals surface area contributed by atoms with Crippen LogP contribution in [0.15, 0.2) is 237 Å². The molecule has 0 aliphatic carbocycles. The monoisotopic (exact) mass is 741 g/mol. The molecule has 0 amide bonds. The fourth-order valence-electron chi connectivity index (χ4n) is 8.47. The van der Waals surface area contributed by atoms with Crippen molar-refractivity contribution in [1.82, 2.24) is 0 Å². The van der Waals surface area contributed by atoms with E-state index < -0.39 is 0 Å². The predicted molar refractivity (Wildman–Crippen MR) is 250 cm³/mol. The molecule has 1 nitrogen and oxygen atoms in total. The largest absolute Gasteiger partial charge is 0.310 e. The lowest BCUT2D eigenvalue weighted by Crippen LogP contribution is -2.10. The zero-order valence-electron chi connectivity index (χ0n) is 31.5. The van der Waals surface area contributed by atoms with Gasteiger partial charge in [-0.3, -0.25) is 0 Å². The molecule has 276 valence electrons. The van der Waals surface area contributed by atoms with Crippen LogP contribution in [0.4, 0.5) is 17.1 Å². The number of fused-ring (bicyclic) bond motifs is 2. The lowest BCUT2D eigenvalue weighted by molar-refractivity contribution is 1.30. The van der Waals surface area contributed by atoms with Gasteiger partial charge in [0.15, 0.2) is 0 Å². The van der Waals surface area contributed by atoms with Gasteiger partial charge in [0.1, 0.15) is 0 Å². The summed E-state index contributed by atoms with van der Waals surface area (Å²) in [6.45, 7) is 0. The van der Waals surface area contributed by atoms with Crippen LogP contribution in [0.1, 0.15) is 7.43 Å². The van der Waals surface area contributed by atoms with E-state index >= 15 is 0 Å². The summed E-state index contributed by atoms with van der Waals surface area (Å²) in [5, 5.41) is 4.89. The van der Waals surface area contributed by atoms with E-state index in [1.54, 1.807) is 0 Å². The number of rotatable bonds is 8.